The number of aryl methyl sites for hydroxylation is 1. The molecule has 0 atom stereocenters. The molecule has 2 aromatic rings. The summed E-state index contributed by atoms with van der Waals surface area (Å²) in [7, 11) is 0. The van der Waals surface area contributed by atoms with E-state index >= 15 is 0 Å². The van der Waals surface area contributed by atoms with Crippen LogP contribution in [0.4, 0.5) is 17.6 Å². The van der Waals surface area contributed by atoms with Crippen molar-refractivity contribution in [2.75, 3.05) is 6.61 Å². The molecule has 0 heterocycles. The summed E-state index contributed by atoms with van der Waals surface area (Å²) >= 11 is 5.61. The summed E-state index contributed by atoms with van der Waals surface area (Å²) in [6.07, 6.45) is -1.40. The van der Waals surface area contributed by atoms with Crippen LogP contribution < -0.4 is 4.74 Å². The predicted molar refractivity (Wildman–Crippen MR) is 110 cm³/mol. The van der Waals surface area contributed by atoms with Crippen LogP contribution in [0.25, 0.3) is 0 Å². The van der Waals surface area contributed by atoms with Crippen molar-refractivity contribution < 1.29 is 31.9 Å². The van der Waals surface area contributed by atoms with Crippen molar-refractivity contribution in [2.45, 2.75) is 44.7 Å². The third kappa shape index (κ3) is 4.53. The average molecular weight is 469 g/mol. The van der Waals surface area contributed by atoms with Crippen LogP contribution in [0.2, 0.25) is 5.02 Å². The number of hydrogen-bond acceptors (Lipinski definition) is 3. The molecule has 0 aromatic heterocycles. The van der Waals surface area contributed by atoms with Crippen molar-refractivity contribution in [1.82, 2.24) is 0 Å². The minimum absolute atomic E-state index is 0.0224. The van der Waals surface area contributed by atoms with Gasteiger partial charge in [-0.1, -0.05) is 23.7 Å². The number of Topliss-reactive ketones (excluding diaryl/α,β-unsaturated/α-hetero) is 2. The average Bonchev–Trinajstić information content (AvgIpc) is 2.68. The first-order valence-electron chi connectivity index (χ1n) is 10.3. The summed E-state index contributed by atoms with van der Waals surface area (Å²) in [5, 5.41) is -0.0224. The zero-order valence-corrected chi connectivity index (χ0v) is 17.9. The van der Waals surface area contributed by atoms with Gasteiger partial charge < -0.3 is 4.74 Å². The number of halogens is 5. The van der Waals surface area contributed by atoms with Crippen molar-refractivity contribution in [2.24, 2.45) is 10.8 Å². The second-order valence-corrected chi connectivity index (χ2v) is 9.42. The molecule has 0 spiro atoms. The van der Waals surface area contributed by atoms with Crippen LogP contribution in [0.15, 0.2) is 42.5 Å². The molecule has 3 aliphatic rings. The lowest BCUT2D eigenvalue weighted by molar-refractivity contribution is -0.208. The minimum atomic E-state index is -4.37. The first-order chi connectivity index (χ1) is 15.0. The molecule has 0 amide bonds. The summed E-state index contributed by atoms with van der Waals surface area (Å²) in [6.45, 7) is -0.169. The van der Waals surface area contributed by atoms with Gasteiger partial charge in [-0.25, -0.2) is 4.39 Å². The Labute approximate surface area is 187 Å². The first kappa shape index (κ1) is 22.8. The fraction of sp³-hybridized carbons (Fsp3) is 0.417. The second kappa shape index (κ2) is 8.18. The van der Waals surface area contributed by atoms with Gasteiger partial charge in [0.1, 0.15) is 24.0 Å². The van der Waals surface area contributed by atoms with E-state index in [1.54, 1.807) is 0 Å². The van der Waals surface area contributed by atoms with Gasteiger partial charge in [0.05, 0.1) is 10.6 Å². The molecule has 170 valence electrons. The van der Waals surface area contributed by atoms with Crippen LogP contribution in [-0.4, -0.2) is 18.2 Å². The maximum Gasteiger partial charge on any atom is 0.416 e. The van der Waals surface area contributed by atoms with Crippen LogP contribution >= 0.6 is 11.6 Å². The zero-order chi connectivity index (χ0) is 23.1. The van der Waals surface area contributed by atoms with Gasteiger partial charge in [-0.2, -0.15) is 13.2 Å². The smallest absolute Gasteiger partial charge is 0.416 e. The van der Waals surface area contributed by atoms with Crippen LogP contribution in [0.5, 0.6) is 5.75 Å². The Morgan fingerprint density at radius 3 is 2.28 bits per heavy atom. The molecular weight excluding hydrogens is 448 g/mol. The Balaban J connectivity index is 1.20. The van der Waals surface area contributed by atoms with Crippen LogP contribution in [0.1, 0.15) is 43.2 Å². The van der Waals surface area contributed by atoms with Gasteiger partial charge in [-0.15, -0.1) is 0 Å². The molecule has 8 heteroatoms. The molecule has 0 unspecified atom stereocenters. The molecule has 3 nitrogen and oxygen atoms in total. The third-order valence-corrected chi connectivity index (χ3v) is 6.82. The van der Waals surface area contributed by atoms with Crippen LogP contribution in [0, 0.1) is 16.6 Å². The Morgan fingerprint density at radius 2 is 1.69 bits per heavy atom. The molecule has 3 aliphatic carbocycles. The number of hydrogen-bond donors (Lipinski definition) is 0. The van der Waals surface area contributed by atoms with Crippen molar-refractivity contribution in [3.05, 3.63) is 64.4 Å². The van der Waals surface area contributed by atoms with Gasteiger partial charge in [-0.05, 0) is 60.9 Å². The topological polar surface area (TPSA) is 43.4 Å². The Bertz CT molecular complexity index is 1030. The fourth-order valence-corrected chi connectivity index (χ4v) is 5.18. The van der Waals surface area contributed by atoms with E-state index in [9.17, 15) is 27.2 Å². The highest BCUT2D eigenvalue weighted by Crippen LogP contribution is 2.75. The summed E-state index contributed by atoms with van der Waals surface area (Å²) in [5.41, 5.74) is -0.551. The van der Waals surface area contributed by atoms with E-state index in [-0.39, 0.29) is 46.2 Å². The van der Waals surface area contributed by atoms with Gasteiger partial charge in [0, 0.05) is 24.3 Å². The van der Waals surface area contributed by atoms with Crippen LogP contribution in [0.3, 0.4) is 0 Å². The number of carbonyl (C=O) groups excluding carboxylic acids is 2. The standard InChI is InChI=1S/C24H21ClF4O3/c25-19-7-6-18(9-20(19)26)32-11-17(30)10-22-12-23(13-22,14-22)21(31)8-3-15-1-4-16(5-2-15)24(27,28)29/h1-2,4-7,9H,3,8,10-14H2. The number of carbonyl (C=O) groups is 2. The van der Waals surface area contributed by atoms with Gasteiger partial charge in [0.2, 0.25) is 0 Å². The van der Waals surface area contributed by atoms with Crippen LogP contribution in [-0.2, 0) is 22.2 Å². The minimum Gasteiger partial charge on any atom is -0.486 e. The largest absolute Gasteiger partial charge is 0.486 e. The van der Waals surface area contributed by atoms with E-state index < -0.39 is 17.6 Å². The molecule has 2 bridgehead atoms. The normalized spacial score (nSPS) is 23.8. The van der Waals surface area contributed by atoms with Crippen molar-refractivity contribution >= 4 is 23.2 Å². The zero-order valence-electron chi connectivity index (χ0n) is 17.1. The molecule has 2 aromatic carbocycles. The number of alkyl halides is 3. The van der Waals surface area contributed by atoms with Gasteiger partial charge in [0.15, 0.2) is 5.78 Å². The number of ketones is 2. The summed E-state index contributed by atoms with van der Waals surface area (Å²) < 4.78 is 56.7. The Kier molecular flexibility index (Phi) is 5.82. The maximum atomic E-state index is 13.4. The third-order valence-electron chi connectivity index (χ3n) is 6.52. The predicted octanol–water partition coefficient (Wildman–Crippen LogP) is 6.21. The highest BCUT2D eigenvalue weighted by Gasteiger charge is 2.70. The lowest BCUT2D eigenvalue weighted by atomic mass is 9.33. The molecule has 3 saturated carbocycles. The lowest BCUT2D eigenvalue weighted by Crippen LogP contribution is -2.65. The van der Waals surface area contributed by atoms with E-state index in [4.69, 9.17) is 16.3 Å². The lowest BCUT2D eigenvalue weighted by Gasteiger charge is -2.70. The maximum absolute atomic E-state index is 13.4. The molecule has 3 fully saturated rings. The number of rotatable bonds is 9. The number of benzene rings is 2. The SMILES string of the molecule is O=C(COc1ccc(Cl)c(F)c1)CC12CC(C(=O)CCc3ccc(C(F)(F)F)cc3)(C1)C2. The molecule has 5 rings (SSSR count). The molecule has 0 saturated heterocycles. The van der Waals surface area contributed by atoms with E-state index in [0.717, 1.165) is 18.2 Å². The second-order valence-electron chi connectivity index (χ2n) is 9.01. The highest BCUT2D eigenvalue weighted by molar-refractivity contribution is 6.30. The molecule has 32 heavy (non-hydrogen) atoms. The van der Waals surface area contributed by atoms with Gasteiger partial charge >= 0.3 is 6.18 Å². The van der Waals surface area contributed by atoms with Crippen molar-refractivity contribution in [3.63, 3.8) is 0 Å². The van der Waals surface area contributed by atoms with Gasteiger partial charge in [-0.3, -0.25) is 9.59 Å². The van der Waals surface area contributed by atoms with Crippen molar-refractivity contribution in [1.29, 1.82) is 0 Å². The molecule has 0 radical (unpaired) electrons. The summed E-state index contributed by atoms with van der Waals surface area (Å²) in [4.78, 5) is 24.9. The fourth-order valence-electron chi connectivity index (χ4n) is 5.06. The first-order valence-corrected chi connectivity index (χ1v) is 10.7. The van der Waals surface area contributed by atoms with E-state index in [1.807, 2.05) is 0 Å². The van der Waals surface area contributed by atoms with E-state index in [2.05, 4.69) is 0 Å². The molecular formula is C24H21ClF4O3. The highest BCUT2D eigenvalue weighted by atomic mass is 35.5. The van der Waals surface area contributed by atoms with Gasteiger partial charge in [0.25, 0.3) is 0 Å². The monoisotopic (exact) mass is 468 g/mol. The Hall–Kier alpha value is -2.41. The molecule has 0 aliphatic heterocycles. The summed E-state index contributed by atoms with van der Waals surface area (Å²) in [5.74, 6) is -0.383. The summed E-state index contributed by atoms with van der Waals surface area (Å²) in [6, 6.07) is 8.85. The van der Waals surface area contributed by atoms with Crippen molar-refractivity contribution in [3.8, 4) is 5.75 Å². The molecule has 0 N–H and O–H groups in total. The van der Waals surface area contributed by atoms with E-state index in [0.29, 0.717) is 37.7 Å². The quantitative estimate of drug-likeness (QED) is 0.411. The number of ether oxygens (including phenoxy) is 1. The van der Waals surface area contributed by atoms with E-state index in [1.165, 1.54) is 24.3 Å². The Morgan fingerprint density at radius 1 is 1.03 bits per heavy atom.